The maximum absolute atomic E-state index is 16.9. The molecule has 16 heteroatoms. The van der Waals surface area contributed by atoms with Gasteiger partial charge in [0.15, 0.2) is 10.9 Å². The number of rotatable bonds is 5. The molecule has 4 aliphatic heterocycles. The minimum atomic E-state index is -5.03. The van der Waals surface area contributed by atoms with Gasteiger partial charge in [-0.3, -0.25) is 9.69 Å². The predicted octanol–water partition coefficient (Wildman–Crippen LogP) is 5.85. The molecule has 0 unspecified atom stereocenters. The van der Waals surface area contributed by atoms with E-state index in [9.17, 15) is 26.7 Å². The second-order valence-electron chi connectivity index (χ2n) is 13.5. The summed E-state index contributed by atoms with van der Waals surface area (Å²) >= 11 is 0.747. The number of ether oxygens (including phenoxy) is 1. The molecule has 9 nitrogen and oxygen atoms in total. The van der Waals surface area contributed by atoms with E-state index in [4.69, 9.17) is 10.5 Å². The van der Waals surface area contributed by atoms with Crippen molar-refractivity contribution in [2.75, 3.05) is 50.0 Å². The van der Waals surface area contributed by atoms with Crippen LogP contribution in [0.3, 0.4) is 0 Å². The summed E-state index contributed by atoms with van der Waals surface area (Å²) in [6, 6.07) is 2.59. The van der Waals surface area contributed by atoms with Crippen LogP contribution >= 0.6 is 11.3 Å². The van der Waals surface area contributed by atoms with Gasteiger partial charge in [-0.1, -0.05) is 11.3 Å². The number of carbonyl (C=O) groups is 1. The number of alkyl halides is 4. The molecule has 48 heavy (non-hydrogen) atoms. The highest BCUT2D eigenvalue weighted by molar-refractivity contribution is 7.22. The van der Waals surface area contributed by atoms with Gasteiger partial charge < -0.3 is 20.7 Å². The first-order valence-electron chi connectivity index (χ1n) is 15.8. The topological polar surface area (TPSA) is 110 Å². The molecule has 0 saturated carbocycles. The Kier molecular flexibility index (Phi) is 7.22. The third-order valence-electron chi connectivity index (χ3n) is 10.5. The number of nitrogens with zero attached hydrogens (tertiary/aromatic N) is 5. The van der Waals surface area contributed by atoms with Crippen molar-refractivity contribution in [1.29, 1.82) is 0 Å². The van der Waals surface area contributed by atoms with E-state index in [1.165, 1.54) is 0 Å². The Morgan fingerprint density at radius 2 is 1.88 bits per heavy atom. The highest BCUT2D eigenvalue weighted by atomic mass is 32.1. The van der Waals surface area contributed by atoms with Gasteiger partial charge in [0.25, 0.3) is 0 Å². The fourth-order valence-corrected chi connectivity index (χ4v) is 8.89. The number of nitrogen functional groups attached to an aromatic ring is 1. The van der Waals surface area contributed by atoms with Crippen LogP contribution in [-0.4, -0.2) is 76.8 Å². The molecule has 0 radical (unpaired) electrons. The Labute approximate surface area is 274 Å². The molecule has 2 aromatic carbocycles. The average molecular weight is 692 g/mol. The van der Waals surface area contributed by atoms with Crippen LogP contribution in [0.5, 0.6) is 6.01 Å². The summed E-state index contributed by atoms with van der Waals surface area (Å²) in [4.78, 5) is 28.8. The Hall–Kier alpha value is -3.92. The number of carbonyl (C=O) groups excluding carboxylic acids is 1. The zero-order chi connectivity index (χ0) is 33.6. The van der Waals surface area contributed by atoms with Gasteiger partial charge in [0, 0.05) is 55.5 Å². The number of fused-ring (bicyclic) bond motifs is 3. The summed E-state index contributed by atoms with van der Waals surface area (Å²) in [5, 5.41) is 2.61. The summed E-state index contributed by atoms with van der Waals surface area (Å²) in [6.45, 7) is 2.24. The van der Waals surface area contributed by atoms with Gasteiger partial charge in [-0.15, -0.1) is 0 Å². The lowest BCUT2D eigenvalue weighted by Gasteiger charge is -2.39. The Morgan fingerprint density at radius 3 is 2.60 bits per heavy atom. The van der Waals surface area contributed by atoms with Gasteiger partial charge >= 0.3 is 12.2 Å². The Morgan fingerprint density at radius 1 is 1.08 bits per heavy atom. The monoisotopic (exact) mass is 691 g/mol. The van der Waals surface area contributed by atoms with Gasteiger partial charge in [0.1, 0.15) is 29.9 Å². The normalized spacial score (nSPS) is 24.2. The predicted molar refractivity (Wildman–Crippen MR) is 168 cm³/mol. The largest absolute Gasteiger partial charge is 0.461 e. The molecule has 0 aliphatic carbocycles. The van der Waals surface area contributed by atoms with E-state index < -0.39 is 46.2 Å². The smallest absolute Gasteiger partial charge is 0.417 e. The second-order valence-corrected chi connectivity index (χ2v) is 14.5. The molecule has 6 heterocycles. The molecule has 2 aromatic heterocycles. The van der Waals surface area contributed by atoms with E-state index in [-0.39, 0.29) is 69.0 Å². The second kappa shape index (κ2) is 11.1. The van der Waals surface area contributed by atoms with E-state index in [0.717, 1.165) is 36.0 Å². The maximum atomic E-state index is 16.9. The van der Waals surface area contributed by atoms with E-state index in [0.29, 0.717) is 51.9 Å². The average Bonchev–Trinajstić information content (AvgIpc) is 3.79. The summed E-state index contributed by atoms with van der Waals surface area (Å²) < 4.78 is 96.5. The fraction of sp³-hybridized carbons (Fsp3) is 0.500. The molecule has 4 saturated heterocycles. The van der Waals surface area contributed by atoms with Gasteiger partial charge in [-0.2, -0.15) is 23.1 Å². The minimum absolute atomic E-state index is 0.0288. The molecule has 4 aromatic rings. The van der Waals surface area contributed by atoms with Crippen molar-refractivity contribution in [2.24, 2.45) is 5.41 Å². The molecule has 3 N–H and O–H groups in total. The number of halogens is 6. The van der Waals surface area contributed by atoms with E-state index in [1.807, 2.05) is 4.90 Å². The van der Waals surface area contributed by atoms with Gasteiger partial charge in [0.2, 0.25) is 5.91 Å². The van der Waals surface area contributed by atoms with Crippen LogP contribution in [-0.2, 0) is 11.0 Å². The zero-order valence-corrected chi connectivity index (χ0v) is 26.4. The van der Waals surface area contributed by atoms with Crippen molar-refractivity contribution in [2.45, 2.75) is 56.4 Å². The fourth-order valence-electron chi connectivity index (χ4n) is 8.12. The number of amides is 1. The summed E-state index contributed by atoms with van der Waals surface area (Å²) in [5.74, 6) is -2.02. The van der Waals surface area contributed by atoms with Gasteiger partial charge in [-0.25, -0.2) is 18.2 Å². The van der Waals surface area contributed by atoms with E-state index in [1.54, 1.807) is 4.90 Å². The number of hydrogen-bond acceptors (Lipinski definition) is 9. The summed E-state index contributed by atoms with van der Waals surface area (Å²) in [6.07, 6.45) is -2.75. The molecule has 4 aliphatic rings. The number of hydrogen-bond donors (Lipinski definition) is 2. The minimum Gasteiger partial charge on any atom is -0.461 e. The van der Waals surface area contributed by atoms with Crippen LogP contribution in [0, 0.1) is 17.0 Å². The Balaban J connectivity index is 1.28. The molecule has 0 bridgehead atoms. The van der Waals surface area contributed by atoms with Crippen LogP contribution in [0.15, 0.2) is 18.2 Å². The van der Waals surface area contributed by atoms with Crippen molar-refractivity contribution in [1.82, 2.24) is 25.2 Å². The van der Waals surface area contributed by atoms with E-state index in [2.05, 4.69) is 20.3 Å². The molecule has 1 amide bonds. The molecule has 1 spiro atoms. The van der Waals surface area contributed by atoms with Crippen LogP contribution < -0.4 is 20.7 Å². The maximum Gasteiger partial charge on any atom is 0.417 e. The van der Waals surface area contributed by atoms with Gasteiger partial charge in [-0.05, 0) is 55.8 Å². The lowest BCUT2D eigenvalue weighted by Crippen LogP contribution is -2.43. The number of anilines is 2. The summed E-state index contributed by atoms with van der Waals surface area (Å²) in [7, 11) is 0. The highest BCUT2D eigenvalue weighted by Crippen LogP contribution is 2.47. The molecule has 8 rings (SSSR count). The standard InChI is InChI=1S/C32H31F6N7O2S/c33-16-11-31(4-1-7-45(31)13-16)15-47-29-42-24-18(27(43-29)44-8-5-30(6-9-44)12-21(46)40-14-30)10-19(32(36,37)38)22(23(24)35)17-2-3-20(34)26-25(17)41-28(39)48-26/h2-3,10,16H,1,4-9,11-15H2,(H2,39,41)(H,40,46)/t16-,31+/m1/s1. The first-order valence-corrected chi connectivity index (χ1v) is 16.7. The SMILES string of the molecule is Nc1nc2c(-c3c(C(F)(F)F)cc4c(N5CCC6(CC5)CNC(=O)C6)nc(OC[C@@]56CCCN5C[C@H](F)C6)nc4c3F)ccc(F)c2s1. The first kappa shape index (κ1) is 31.4. The van der Waals surface area contributed by atoms with Crippen LogP contribution in [0.2, 0.25) is 0 Å². The molecular weight excluding hydrogens is 660 g/mol. The van der Waals surface area contributed by atoms with Crippen LogP contribution in [0.1, 0.15) is 44.1 Å². The zero-order valence-electron chi connectivity index (χ0n) is 25.6. The third-order valence-corrected chi connectivity index (χ3v) is 11.4. The van der Waals surface area contributed by atoms with Gasteiger partial charge in [0.05, 0.1) is 21.3 Å². The molecule has 254 valence electrons. The molecule has 4 fully saturated rings. The number of nitrogens with two attached hydrogens (primary N) is 1. The summed E-state index contributed by atoms with van der Waals surface area (Å²) in [5.41, 5.74) is 1.91. The Bertz CT molecular complexity index is 1960. The van der Waals surface area contributed by atoms with Crippen molar-refractivity contribution >= 4 is 49.3 Å². The van der Waals surface area contributed by atoms with Crippen molar-refractivity contribution in [3.63, 3.8) is 0 Å². The van der Waals surface area contributed by atoms with Crippen LogP contribution in [0.4, 0.5) is 37.3 Å². The lowest BCUT2D eigenvalue weighted by atomic mass is 9.77. The number of aromatic nitrogens is 3. The molecule has 2 atom stereocenters. The molecular formula is C32H31F6N7O2S. The third kappa shape index (κ3) is 5.09. The number of nitrogens with one attached hydrogen (secondary N) is 1. The number of piperidine rings is 1. The quantitative estimate of drug-likeness (QED) is 0.251. The first-order chi connectivity index (χ1) is 22.8. The lowest BCUT2D eigenvalue weighted by molar-refractivity contribution is -0.137. The van der Waals surface area contributed by atoms with E-state index >= 15 is 4.39 Å². The van der Waals surface area contributed by atoms with Crippen molar-refractivity contribution < 1.29 is 35.9 Å². The van der Waals surface area contributed by atoms with Crippen molar-refractivity contribution in [3.8, 4) is 17.1 Å². The highest BCUT2D eigenvalue weighted by Gasteiger charge is 2.49. The number of thiazole rings is 1. The van der Waals surface area contributed by atoms with Crippen LogP contribution in [0.25, 0.3) is 32.2 Å². The van der Waals surface area contributed by atoms with Crippen molar-refractivity contribution in [3.05, 3.63) is 35.4 Å². The number of benzene rings is 2.